The first kappa shape index (κ1) is 13.6. The Kier molecular flexibility index (Phi) is 3.55. The molecule has 1 aliphatic carbocycles. The van der Waals surface area contributed by atoms with Gasteiger partial charge < -0.3 is 5.73 Å². The van der Waals surface area contributed by atoms with Crippen LogP contribution in [0.4, 0.5) is 0 Å². The molecule has 2 unspecified atom stereocenters. The number of hydrogen-bond donors (Lipinski definition) is 1. The number of hydrogen-bond acceptors (Lipinski definition) is 1. The summed E-state index contributed by atoms with van der Waals surface area (Å²) in [5, 5.41) is 2.62. The zero-order chi connectivity index (χ0) is 14.2. The quantitative estimate of drug-likeness (QED) is 0.809. The summed E-state index contributed by atoms with van der Waals surface area (Å²) in [7, 11) is 0. The van der Waals surface area contributed by atoms with Gasteiger partial charge in [-0.15, -0.1) is 0 Å². The van der Waals surface area contributed by atoms with Crippen molar-refractivity contribution in [3.8, 4) is 0 Å². The topological polar surface area (TPSA) is 26.0 Å². The molecule has 1 fully saturated rings. The van der Waals surface area contributed by atoms with Crippen LogP contribution in [0, 0.1) is 11.3 Å². The Hall–Kier alpha value is -1.34. The fourth-order valence-electron chi connectivity index (χ4n) is 3.94. The Bertz CT molecular complexity index is 594. The van der Waals surface area contributed by atoms with E-state index >= 15 is 0 Å². The molecule has 1 nitrogen and oxygen atoms in total. The second-order valence-corrected chi connectivity index (χ2v) is 6.94. The van der Waals surface area contributed by atoms with E-state index in [9.17, 15) is 0 Å². The van der Waals surface area contributed by atoms with Crippen molar-refractivity contribution in [2.75, 3.05) is 0 Å². The van der Waals surface area contributed by atoms with E-state index in [0.29, 0.717) is 11.3 Å². The first-order valence-corrected chi connectivity index (χ1v) is 7.83. The molecule has 1 saturated carbocycles. The Morgan fingerprint density at radius 3 is 2.60 bits per heavy atom. The highest BCUT2D eigenvalue weighted by molar-refractivity contribution is 5.86. The largest absolute Gasteiger partial charge is 0.324 e. The SMILES string of the molecule is CC1(C)CCCCC1C(N)c1cccc2ccccc12. The Balaban J connectivity index is 2.02. The van der Waals surface area contributed by atoms with Crippen molar-refractivity contribution in [2.24, 2.45) is 17.1 Å². The summed E-state index contributed by atoms with van der Waals surface area (Å²) in [5.74, 6) is 0.585. The van der Waals surface area contributed by atoms with Crippen LogP contribution in [0.5, 0.6) is 0 Å². The lowest BCUT2D eigenvalue weighted by molar-refractivity contribution is 0.113. The molecule has 0 heterocycles. The van der Waals surface area contributed by atoms with Crippen molar-refractivity contribution in [3.63, 3.8) is 0 Å². The molecule has 2 atom stereocenters. The van der Waals surface area contributed by atoms with Crippen LogP contribution in [0.1, 0.15) is 51.1 Å². The average Bonchev–Trinajstić information content (AvgIpc) is 2.45. The van der Waals surface area contributed by atoms with Crippen LogP contribution in [0.3, 0.4) is 0 Å². The van der Waals surface area contributed by atoms with E-state index in [1.165, 1.54) is 42.0 Å². The average molecular weight is 267 g/mol. The monoisotopic (exact) mass is 267 g/mol. The Morgan fingerprint density at radius 1 is 1.05 bits per heavy atom. The minimum Gasteiger partial charge on any atom is -0.324 e. The maximum absolute atomic E-state index is 6.71. The smallest absolute Gasteiger partial charge is 0.0334 e. The zero-order valence-electron chi connectivity index (χ0n) is 12.6. The number of fused-ring (bicyclic) bond motifs is 1. The van der Waals surface area contributed by atoms with Gasteiger partial charge in [-0.25, -0.2) is 0 Å². The predicted octanol–water partition coefficient (Wildman–Crippen LogP) is 5.06. The van der Waals surface area contributed by atoms with Crippen molar-refractivity contribution in [2.45, 2.75) is 45.6 Å². The summed E-state index contributed by atoms with van der Waals surface area (Å²) in [6, 6.07) is 15.3. The fraction of sp³-hybridized carbons (Fsp3) is 0.474. The molecule has 1 aliphatic rings. The third kappa shape index (κ3) is 2.35. The highest BCUT2D eigenvalue weighted by Crippen LogP contribution is 2.46. The summed E-state index contributed by atoms with van der Waals surface area (Å²) < 4.78 is 0. The Labute approximate surface area is 122 Å². The molecule has 1 heteroatoms. The molecule has 2 aromatic rings. The highest BCUT2D eigenvalue weighted by atomic mass is 14.7. The van der Waals surface area contributed by atoms with Crippen LogP contribution in [-0.2, 0) is 0 Å². The molecule has 2 aromatic carbocycles. The van der Waals surface area contributed by atoms with Gasteiger partial charge >= 0.3 is 0 Å². The summed E-state index contributed by atoms with van der Waals surface area (Å²) in [4.78, 5) is 0. The van der Waals surface area contributed by atoms with E-state index in [0.717, 1.165) is 0 Å². The van der Waals surface area contributed by atoms with E-state index in [2.05, 4.69) is 56.3 Å². The predicted molar refractivity (Wildman–Crippen MR) is 86.6 cm³/mol. The number of rotatable bonds is 2. The first-order chi connectivity index (χ1) is 9.59. The molecular weight excluding hydrogens is 242 g/mol. The van der Waals surface area contributed by atoms with Crippen LogP contribution in [0.25, 0.3) is 10.8 Å². The van der Waals surface area contributed by atoms with Crippen molar-refractivity contribution < 1.29 is 0 Å². The van der Waals surface area contributed by atoms with Gasteiger partial charge in [0.15, 0.2) is 0 Å². The van der Waals surface area contributed by atoms with Crippen LogP contribution in [0.15, 0.2) is 42.5 Å². The van der Waals surface area contributed by atoms with Gasteiger partial charge in [-0.2, -0.15) is 0 Å². The highest BCUT2D eigenvalue weighted by Gasteiger charge is 2.36. The summed E-state index contributed by atoms with van der Waals surface area (Å²) in [5.41, 5.74) is 8.39. The maximum atomic E-state index is 6.71. The van der Waals surface area contributed by atoms with Crippen LogP contribution >= 0.6 is 0 Å². The van der Waals surface area contributed by atoms with Gasteiger partial charge in [-0.05, 0) is 40.5 Å². The molecule has 0 radical (unpaired) electrons. The molecule has 0 aliphatic heterocycles. The lowest BCUT2D eigenvalue weighted by atomic mass is 9.65. The third-order valence-electron chi connectivity index (χ3n) is 5.21. The number of nitrogens with two attached hydrogens (primary N) is 1. The van der Waals surface area contributed by atoms with Crippen molar-refractivity contribution in [3.05, 3.63) is 48.0 Å². The second kappa shape index (κ2) is 5.21. The number of benzene rings is 2. The molecule has 0 bridgehead atoms. The van der Waals surface area contributed by atoms with Crippen LogP contribution < -0.4 is 5.73 Å². The minimum atomic E-state index is 0.149. The first-order valence-electron chi connectivity index (χ1n) is 7.83. The molecule has 0 aromatic heterocycles. The van der Waals surface area contributed by atoms with Gasteiger partial charge in [0.2, 0.25) is 0 Å². The van der Waals surface area contributed by atoms with Crippen molar-refractivity contribution in [1.29, 1.82) is 0 Å². The van der Waals surface area contributed by atoms with Gasteiger partial charge in [0.1, 0.15) is 0 Å². The van der Waals surface area contributed by atoms with Gasteiger partial charge in [-0.3, -0.25) is 0 Å². The van der Waals surface area contributed by atoms with E-state index < -0.39 is 0 Å². The van der Waals surface area contributed by atoms with Crippen LogP contribution in [-0.4, -0.2) is 0 Å². The summed E-state index contributed by atoms with van der Waals surface area (Å²) in [6.07, 6.45) is 5.24. The summed E-state index contributed by atoms with van der Waals surface area (Å²) >= 11 is 0. The molecule has 106 valence electrons. The van der Waals surface area contributed by atoms with Crippen molar-refractivity contribution >= 4 is 10.8 Å². The van der Waals surface area contributed by atoms with Crippen molar-refractivity contribution in [1.82, 2.24) is 0 Å². The van der Waals surface area contributed by atoms with E-state index in [1.54, 1.807) is 0 Å². The van der Waals surface area contributed by atoms with E-state index in [4.69, 9.17) is 5.73 Å². The second-order valence-electron chi connectivity index (χ2n) is 6.94. The lowest BCUT2D eigenvalue weighted by Crippen LogP contribution is -2.36. The third-order valence-corrected chi connectivity index (χ3v) is 5.21. The molecule has 0 saturated heterocycles. The molecular formula is C19H25N. The fourth-order valence-corrected chi connectivity index (χ4v) is 3.94. The normalized spacial score (nSPS) is 23.6. The van der Waals surface area contributed by atoms with Gasteiger partial charge in [0, 0.05) is 6.04 Å². The lowest BCUT2D eigenvalue weighted by Gasteiger charge is -2.42. The Morgan fingerprint density at radius 2 is 1.80 bits per heavy atom. The van der Waals surface area contributed by atoms with Gasteiger partial charge in [0.05, 0.1) is 0 Å². The maximum Gasteiger partial charge on any atom is 0.0334 e. The zero-order valence-corrected chi connectivity index (χ0v) is 12.6. The minimum absolute atomic E-state index is 0.149. The van der Waals surface area contributed by atoms with Gasteiger partial charge in [-0.1, -0.05) is 69.2 Å². The van der Waals surface area contributed by atoms with Crippen LogP contribution in [0.2, 0.25) is 0 Å². The molecule has 3 rings (SSSR count). The molecule has 0 spiro atoms. The standard InChI is InChI=1S/C19H25N/c1-19(2)13-6-5-12-17(19)18(20)16-11-7-9-14-8-3-4-10-15(14)16/h3-4,7-11,17-18H,5-6,12-13,20H2,1-2H3. The molecule has 2 N–H and O–H groups in total. The summed E-state index contributed by atoms with van der Waals surface area (Å²) in [6.45, 7) is 4.78. The van der Waals surface area contributed by atoms with E-state index in [-0.39, 0.29) is 6.04 Å². The molecule has 0 amide bonds. The van der Waals surface area contributed by atoms with Gasteiger partial charge in [0.25, 0.3) is 0 Å². The molecule has 20 heavy (non-hydrogen) atoms. The van der Waals surface area contributed by atoms with E-state index in [1.807, 2.05) is 0 Å².